The summed E-state index contributed by atoms with van der Waals surface area (Å²) in [5.74, 6) is 1.38. The molecule has 33 heavy (non-hydrogen) atoms. The van der Waals surface area contributed by atoms with E-state index in [0.29, 0.717) is 33.1 Å². The third kappa shape index (κ3) is 4.04. The second-order valence-corrected chi connectivity index (χ2v) is 7.80. The van der Waals surface area contributed by atoms with Gasteiger partial charge in [-0.1, -0.05) is 28.9 Å². The number of hydrogen-bond donors (Lipinski definition) is 1. The zero-order valence-electron chi connectivity index (χ0n) is 17.4. The Labute approximate surface area is 192 Å². The number of nitrogens with one attached hydrogen (secondary N) is 1. The number of benzene rings is 3. The summed E-state index contributed by atoms with van der Waals surface area (Å²) in [6.07, 6.45) is 0. The molecule has 0 aliphatic rings. The van der Waals surface area contributed by atoms with Crippen molar-refractivity contribution >= 4 is 22.5 Å². The summed E-state index contributed by atoms with van der Waals surface area (Å²) < 4.78 is 11.7. The number of methoxy groups -OCH3 is 1. The summed E-state index contributed by atoms with van der Waals surface area (Å²) in [5, 5.41) is 4.99. The Hall–Kier alpha value is -4.17. The number of ether oxygens (including phenoxy) is 1. The van der Waals surface area contributed by atoms with Crippen LogP contribution in [-0.2, 0) is 6.54 Å². The van der Waals surface area contributed by atoms with Gasteiger partial charge in [-0.3, -0.25) is 9.36 Å². The van der Waals surface area contributed by atoms with Crippen LogP contribution in [0.15, 0.2) is 80.8 Å². The highest BCUT2D eigenvalue weighted by atomic mass is 35.5. The van der Waals surface area contributed by atoms with E-state index in [1.165, 1.54) is 0 Å². The van der Waals surface area contributed by atoms with Crippen molar-refractivity contribution in [2.24, 2.45) is 0 Å². The van der Waals surface area contributed by atoms with Gasteiger partial charge in [0, 0.05) is 16.1 Å². The third-order valence-electron chi connectivity index (χ3n) is 5.26. The van der Waals surface area contributed by atoms with Gasteiger partial charge < -0.3 is 14.2 Å². The van der Waals surface area contributed by atoms with Crippen LogP contribution in [0.1, 0.15) is 5.56 Å². The molecular formula is C24H17ClN4O4. The summed E-state index contributed by atoms with van der Waals surface area (Å²) in [6, 6.07) is 19.2. The molecule has 8 nitrogen and oxygen atoms in total. The lowest BCUT2D eigenvalue weighted by Gasteiger charge is -2.08. The van der Waals surface area contributed by atoms with Crippen LogP contribution in [-0.4, -0.2) is 26.8 Å². The molecule has 0 aliphatic heterocycles. The molecule has 0 unspecified atom stereocenters. The third-order valence-corrected chi connectivity index (χ3v) is 5.51. The molecule has 2 heterocycles. The van der Waals surface area contributed by atoms with Crippen molar-refractivity contribution in [2.45, 2.75) is 6.54 Å². The van der Waals surface area contributed by atoms with Gasteiger partial charge in [0.15, 0.2) is 0 Å². The van der Waals surface area contributed by atoms with E-state index in [1.54, 1.807) is 61.7 Å². The second-order valence-electron chi connectivity index (χ2n) is 7.36. The maximum atomic E-state index is 13.0. The number of rotatable bonds is 5. The minimum Gasteiger partial charge on any atom is -0.497 e. The predicted octanol–water partition coefficient (Wildman–Crippen LogP) is 4.12. The molecular weight excluding hydrogens is 444 g/mol. The van der Waals surface area contributed by atoms with Gasteiger partial charge in [0.05, 0.1) is 24.6 Å². The Bertz CT molecular complexity index is 1570. The molecule has 0 atom stereocenters. The molecule has 3 aromatic carbocycles. The molecule has 1 N–H and O–H groups in total. The number of aromatic nitrogens is 4. The highest BCUT2D eigenvalue weighted by Crippen LogP contribution is 2.24. The van der Waals surface area contributed by atoms with E-state index in [1.807, 2.05) is 12.1 Å². The van der Waals surface area contributed by atoms with Crippen molar-refractivity contribution in [1.29, 1.82) is 0 Å². The Morgan fingerprint density at radius 1 is 1.00 bits per heavy atom. The number of hydrogen-bond acceptors (Lipinski definition) is 6. The van der Waals surface area contributed by atoms with Crippen LogP contribution in [0.2, 0.25) is 5.02 Å². The SMILES string of the molecule is COc1ccc(Cn2c(=O)[nH]c3cc(-c4nc(-c5ccc(Cl)cc5)no4)ccc3c2=O)cc1. The van der Waals surface area contributed by atoms with Crippen LogP contribution >= 0.6 is 11.6 Å². The number of aromatic amines is 1. The van der Waals surface area contributed by atoms with Crippen LogP contribution in [0, 0.1) is 0 Å². The van der Waals surface area contributed by atoms with Gasteiger partial charge in [-0.05, 0) is 60.2 Å². The Balaban J connectivity index is 1.49. The van der Waals surface area contributed by atoms with Crippen LogP contribution in [0.25, 0.3) is 33.7 Å². The fourth-order valence-corrected chi connectivity index (χ4v) is 3.63. The van der Waals surface area contributed by atoms with Gasteiger partial charge in [-0.25, -0.2) is 4.79 Å². The summed E-state index contributed by atoms with van der Waals surface area (Å²) in [6.45, 7) is 0.143. The Kier molecular flexibility index (Phi) is 5.27. The molecule has 164 valence electrons. The topological polar surface area (TPSA) is 103 Å². The molecule has 0 fully saturated rings. The van der Waals surface area contributed by atoms with Gasteiger partial charge in [0.25, 0.3) is 11.4 Å². The number of fused-ring (bicyclic) bond motifs is 1. The Morgan fingerprint density at radius 3 is 2.45 bits per heavy atom. The average molecular weight is 461 g/mol. The molecule has 9 heteroatoms. The number of nitrogens with zero attached hydrogens (tertiary/aromatic N) is 3. The maximum Gasteiger partial charge on any atom is 0.329 e. The van der Waals surface area contributed by atoms with E-state index in [0.717, 1.165) is 15.7 Å². The zero-order valence-corrected chi connectivity index (χ0v) is 18.2. The zero-order chi connectivity index (χ0) is 22.9. The first-order valence-electron chi connectivity index (χ1n) is 10.0. The van der Waals surface area contributed by atoms with Gasteiger partial charge in [0.2, 0.25) is 5.82 Å². The molecule has 0 radical (unpaired) electrons. The summed E-state index contributed by atoms with van der Waals surface area (Å²) in [4.78, 5) is 32.9. The number of halogens is 1. The first kappa shape index (κ1) is 20.7. The molecule has 0 bridgehead atoms. The van der Waals surface area contributed by atoms with Gasteiger partial charge in [-0.15, -0.1) is 0 Å². The molecule has 0 spiro atoms. The van der Waals surface area contributed by atoms with Gasteiger partial charge in [0.1, 0.15) is 5.75 Å². The lowest BCUT2D eigenvalue weighted by Crippen LogP contribution is -2.35. The van der Waals surface area contributed by atoms with E-state index in [9.17, 15) is 9.59 Å². The molecule has 0 aliphatic carbocycles. The van der Waals surface area contributed by atoms with Crippen molar-refractivity contribution in [2.75, 3.05) is 7.11 Å². The first-order chi connectivity index (χ1) is 16.0. The smallest absolute Gasteiger partial charge is 0.329 e. The normalized spacial score (nSPS) is 11.1. The minimum absolute atomic E-state index is 0.143. The molecule has 0 saturated carbocycles. The van der Waals surface area contributed by atoms with Crippen molar-refractivity contribution in [3.05, 3.63) is 98.2 Å². The summed E-state index contributed by atoms with van der Waals surface area (Å²) >= 11 is 5.92. The fourth-order valence-electron chi connectivity index (χ4n) is 3.50. The molecule has 0 amide bonds. The van der Waals surface area contributed by atoms with Crippen LogP contribution < -0.4 is 16.0 Å². The molecule has 5 aromatic rings. The van der Waals surface area contributed by atoms with Crippen LogP contribution in [0.5, 0.6) is 5.75 Å². The fraction of sp³-hybridized carbons (Fsp3) is 0.0833. The molecule has 2 aromatic heterocycles. The van der Waals surface area contributed by atoms with E-state index in [-0.39, 0.29) is 18.0 Å². The highest BCUT2D eigenvalue weighted by molar-refractivity contribution is 6.30. The number of H-pyrrole nitrogens is 1. The standard InChI is InChI=1S/C24H17ClN4O4/c1-32-18-9-2-14(3-10-18)13-29-23(30)19-11-6-16(12-20(19)26-24(29)31)22-27-21(28-33-22)15-4-7-17(25)8-5-15/h2-12H,13H2,1H3,(H,26,31). The lowest BCUT2D eigenvalue weighted by atomic mass is 10.1. The monoisotopic (exact) mass is 460 g/mol. The maximum absolute atomic E-state index is 13.0. The molecule has 0 saturated heterocycles. The summed E-state index contributed by atoms with van der Waals surface area (Å²) in [7, 11) is 1.58. The lowest BCUT2D eigenvalue weighted by molar-refractivity contribution is 0.414. The first-order valence-corrected chi connectivity index (χ1v) is 10.4. The molecule has 5 rings (SSSR count). The van der Waals surface area contributed by atoms with Crippen LogP contribution in [0.3, 0.4) is 0 Å². The van der Waals surface area contributed by atoms with E-state index in [2.05, 4.69) is 15.1 Å². The Morgan fingerprint density at radius 2 is 1.73 bits per heavy atom. The van der Waals surface area contributed by atoms with E-state index >= 15 is 0 Å². The van der Waals surface area contributed by atoms with E-state index in [4.69, 9.17) is 20.9 Å². The highest BCUT2D eigenvalue weighted by Gasteiger charge is 2.14. The van der Waals surface area contributed by atoms with Crippen LogP contribution in [0.4, 0.5) is 0 Å². The van der Waals surface area contributed by atoms with Crippen molar-refractivity contribution in [1.82, 2.24) is 19.7 Å². The van der Waals surface area contributed by atoms with Gasteiger partial charge >= 0.3 is 5.69 Å². The van der Waals surface area contributed by atoms with Gasteiger partial charge in [-0.2, -0.15) is 4.98 Å². The predicted molar refractivity (Wildman–Crippen MR) is 125 cm³/mol. The van der Waals surface area contributed by atoms with E-state index < -0.39 is 5.69 Å². The quantitative estimate of drug-likeness (QED) is 0.423. The largest absolute Gasteiger partial charge is 0.497 e. The average Bonchev–Trinajstić information content (AvgIpc) is 3.32. The van der Waals surface area contributed by atoms with Crippen molar-refractivity contribution < 1.29 is 9.26 Å². The van der Waals surface area contributed by atoms with Crippen molar-refractivity contribution in [3.8, 4) is 28.6 Å². The van der Waals surface area contributed by atoms with Crippen molar-refractivity contribution in [3.63, 3.8) is 0 Å². The summed E-state index contributed by atoms with van der Waals surface area (Å²) in [5.41, 5.74) is 1.64. The second kappa shape index (κ2) is 8.40. The minimum atomic E-state index is -0.507.